The minimum atomic E-state index is -0.676. The molecule has 0 unspecified atom stereocenters. The van der Waals surface area contributed by atoms with Crippen LogP contribution < -0.4 is 5.32 Å². The maximum Gasteiger partial charge on any atom is 0.408 e. The highest BCUT2D eigenvalue weighted by Crippen LogP contribution is 2.32. The number of hydrogen-bond acceptors (Lipinski definition) is 5. The minimum Gasteiger partial charge on any atom is -0.444 e. The molecule has 2 fully saturated rings. The lowest BCUT2D eigenvalue weighted by Crippen LogP contribution is -2.53. The quantitative estimate of drug-likeness (QED) is 0.772. The van der Waals surface area contributed by atoms with Crippen LogP contribution in [0.25, 0.3) is 0 Å². The minimum absolute atomic E-state index is 0.0432. The Kier molecular flexibility index (Phi) is 7.62. The number of carbonyl (C=O) groups excluding carboxylic acids is 2. The molecule has 0 saturated carbocycles. The Balaban J connectivity index is 1.60. The second kappa shape index (κ2) is 10.0. The first-order valence-corrected chi connectivity index (χ1v) is 11.5. The standard InChI is InChI=1S/C23H39N5O3/c1-23(2,3)31-22(30)25-20(14-19-15-27(5)16-24-19)21(29)28-12-8-18(9-13-28)17-6-10-26(4)11-7-17/h15-18,20H,6-14H2,1-5H3,(H,25,30)/t20-/m1/s1. The van der Waals surface area contributed by atoms with Crippen molar-refractivity contribution in [2.24, 2.45) is 18.9 Å². The zero-order valence-electron chi connectivity index (χ0n) is 19.8. The summed E-state index contributed by atoms with van der Waals surface area (Å²) in [6, 6.07) is -0.676. The van der Waals surface area contributed by atoms with E-state index in [9.17, 15) is 9.59 Å². The fourth-order valence-corrected chi connectivity index (χ4v) is 4.74. The van der Waals surface area contributed by atoms with Crippen LogP contribution in [-0.2, 0) is 23.0 Å². The highest BCUT2D eigenvalue weighted by molar-refractivity contribution is 5.86. The molecule has 2 saturated heterocycles. The largest absolute Gasteiger partial charge is 0.444 e. The maximum atomic E-state index is 13.4. The Labute approximate surface area is 186 Å². The number of amides is 2. The molecule has 31 heavy (non-hydrogen) atoms. The van der Waals surface area contributed by atoms with E-state index >= 15 is 0 Å². The van der Waals surface area contributed by atoms with E-state index in [-0.39, 0.29) is 5.91 Å². The van der Waals surface area contributed by atoms with Crippen molar-refractivity contribution < 1.29 is 14.3 Å². The first-order valence-electron chi connectivity index (χ1n) is 11.5. The Morgan fingerprint density at radius 1 is 1.10 bits per heavy atom. The highest BCUT2D eigenvalue weighted by Gasteiger charge is 2.34. The SMILES string of the molecule is CN1CCC(C2CCN(C(=O)[C@@H](Cc3cn(C)cn3)NC(=O)OC(C)(C)C)CC2)CC1. The molecule has 0 radical (unpaired) electrons. The number of piperidine rings is 2. The van der Waals surface area contributed by atoms with Crippen LogP contribution in [0.15, 0.2) is 12.5 Å². The van der Waals surface area contributed by atoms with E-state index in [0.717, 1.165) is 37.5 Å². The normalized spacial score (nSPS) is 20.5. The summed E-state index contributed by atoms with van der Waals surface area (Å²) in [5, 5.41) is 2.80. The molecule has 8 nitrogen and oxygen atoms in total. The molecule has 0 aliphatic carbocycles. The molecule has 2 amide bonds. The van der Waals surface area contributed by atoms with Crippen LogP contribution in [0.5, 0.6) is 0 Å². The van der Waals surface area contributed by atoms with E-state index in [1.165, 1.54) is 25.9 Å². The van der Waals surface area contributed by atoms with Crippen LogP contribution in [0.2, 0.25) is 0 Å². The molecule has 2 aliphatic heterocycles. The fourth-order valence-electron chi connectivity index (χ4n) is 4.74. The zero-order valence-corrected chi connectivity index (χ0v) is 19.8. The van der Waals surface area contributed by atoms with Gasteiger partial charge in [0.25, 0.3) is 0 Å². The molecule has 0 spiro atoms. The molecule has 0 bridgehead atoms. The van der Waals surface area contributed by atoms with Gasteiger partial charge in [0.15, 0.2) is 0 Å². The van der Waals surface area contributed by atoms with Gasteiger partial charge in [-0.2, -0.15) is 0 Å². The molecule has 8 heteroatoms. The molecular formula is C23H39N5O3. The molecule has 3 rings (SSSR count). The van der Waals surface area contributed by atoms with Crippen molar-refractivity contribution in [1.29, 1.82) is 0 Å². The molecule has 1 atom stereocenters. The van der Waals surface area contributed by atoms with Crippen molar-refractivity contribution in [3.05, 3.63) is 18.2 Å². The third-order valence-corrected chi connectivity index (χ3v) is 6.44. The number of likely N-dealkylation sites (tertiary alicyclic amines) is 2. The van der Waals surface area contributed by atoms with Crippen molar-refractivity contribution in [3.8, 4) is 0 Å². The van der Waals surface area contributed by atoms with Crippen molar-refractivity contribution >= 4 is 12.0 Å². The van der Waals surface area contributed by atoms with Crippen molar-refractivity contribution in [3.63, 3.8) is 0 Å². The van der Waals surface area contributed by atoms with Crippen LogP contribution in [0, 0.1) is 11.8 Å². The van der Waals surface area contributed by atoms with Crippen LogP contribution in [0.3, 0.4) is 0 Å². The summed E-state index contributed by atoms with van der Waals surface area (Å²) < 4.78 is 7.25. The second-order valence-corrected chi connectivity index (χ2v) is 10.2. The molecule has 2 aliphatic rings. The number of imidazole rings is 1. The summed E-state index contributed by atoms with van der Waals surface area (Å²) in [5.74, 6) is 1.43. The lowest BCUT2D eigenvalue weighted by Gasteiger charge is -2.40. The number of nitrogens with zero attached hydrogens (tertiary/aromatic N) is 4. The van der Waals surface area contributed by atoms with Gasteiger partial charge in [0.1, 0.15) is 11.6 Å². The first kappa shape index (κ1) is 23.6. The third kappa shape index (κ3) is 6.95. The summed E-state index contributed by atoms with van der Waals surface area (Å²) in [4.78, 5) is 34.4. The predicted octanol–water partition coefficient (Wildman–Crippen LogP) is 2.44. The number of ether oxygens (including phenoxy) is 1. The monoisotopic (exact) mass is 433 g/mol. The van der Waals surface area contributed by atoms with Crippen molar-refractivity contribution in [2.75, 3.05) is 33.2 Å². The zero-order chi connectivity index (χ0) is 22.6. The molecule has 1 aromatic heterocycles. The van der Waals surface area contributed by atoms with Gasteiger partial charge in [-0.25, -0.2) is 9.78 Å². The van der Waals surface area contributed by atoms with E-state index in [4.69, 9.17) is 4.74 Å². The summed E-state index contributed by atoms with van der Waals surface area (Å²) in [5.41, 5.74) is 0.160. The third-order valence-electron chi connectivity index (χ3n) is 6.44. The van der Waals surface area contributed by atoms with Crippen molar-refractivity contribution in [1.82, 2.24) is 24.7 Å². The molecule has 0 aromatic carbocycles. The Morgan fingerprint density at radius 2 is 1.68 bits per heavy atom. The number of aromatic nitrogens is 2. The van der Waals surface area contributed by atoms with Gasteiger partial charge in [-0.15, -0.1) is 0 Å². The maximum absolute atomic E-state index is 13.4. The lowest BCUT2D eigenvalue weighted by molar-refractivity contribution is -0.135. The number of nitrogens with one attached hydrogen (secondary N) is 1. The second-order valence-electron chi connectivity index (χ2n) is 10.2. The fraction of sp³-hybridized carbons (Fsp3) is 0.783. The summed E-state index contributed by atoms with van der Waals surface area (Å²) in [6.07, 6.45) is 7.98. The smallest absolute Gasteiger partial charge is 0.408 e. The molecular weight excluding hydrogens is 394 g/mol. The van der Waals surface area contributed by atoms with E-state index in [2.05, 4.69) is 22.2 Å². The average Bonchev–Trinajstić information content (AvgIpc) is 3.11. The van der Waals surface area contributed by atoms with Gasteiger partial charge < -0.3 is 24.4 Å². The Morgan fingerprint density at radius 3 is 2.19 bits per heavy atom. The lowest BCUT2D eigenvalue weighted by atomic mass is 9.79. The van der Waals surface area contributed by atoms with Gasteiger partial charge in [-0.3, -0.25) is 4.79 Å². The summed E-state index contributed by atoms with van der Waals surface area (Å²) in [7, 11) is 4.08. The van der Waals surface area contributed by atoms with Gasteiger partial charge in [0.2, 0.25) is 5.91 Å². The van der Waals surface area contributed by atoms with Gasteiger partial charge in [0, 0.05) is 32.8 Å². The highest BCUT2D eigenvalue weighted by atomic mass is 16.6. The molecule has 174 valence electrons. The number of alkyl carbamates (subject to hydrolysis) is 1. The van der Waals surface area contributed by atoms with E-state index in [0.29, 0.717) is 12.3 Å². The van der Waals surface area contributed by atoms with Crippen LogP contribution in [0.1, 0.15) is 52.1 Å². The topological polar surface area (TPSA) is 79.7 Å². The Hall–Kier alpha value is -2.09. The average molecular weight is 434 g/mol. The van der Waals surface area contributed by atoms with E-state index < -0.39 is 17.7 Å². The van der Waals surface area contributed by atoms with E-state index in [1.54, 1.807) is 6.33 Å². The van der Waals surface area contributed by atoms with Gasteiger partial charge >= 0.3 is 6.09 Å². The summed E-state index contributed by atoms with van der Waals surface area (Å²) in [6.45, 7) is 9.31. The van der Waals surface area contributed by atoms with Crippen LogP contribution >= 0.6 is 0 Å². The number of aryl methyl sites for hydroxylation is 1. The van der Waals surface area contributed by atoms with Gasteiger partial charge in [0.05, 0.1) is 12.0 Å². The van der Waals surface area contributed by atoms with Crippen LogP contribution in [0.4, 0.5) is 4.79 Å². The van der Waals surface area contributed by atoms with Crippen LogP contribution in [-0.4, -0.2) is 76.2 Å². The van der Waals surface area contributed by atoms with Gasteiger partial charge in [-0.1, -0.05) is 0 Å². The van der Waals surface area contributed by atoms with E-state index in [1.807, 2.05) is 43.5 Å². The predicted molar refractivity (Wildman–Crippen MR) is 120 cm³/mol. The molecule has 3 heterocycles. The summed E-state index contributed by atoms with van der Waals surface area (Å²) >= 11 is 0. The number of carbonyl (C=O) groups is 2. The molecule has 1 aromatic rings. The number of rotatable bonds is 5. The molecule has 1 N–H and O–H groups in total. The Bertz CT molecular complexity index is 741. The first-order chi connectivity index (χ1) is 14.6. The van der Waals surface area contributed by atoms with Gasteiger partial charge in [-0.05, 0) is 78.4 Å². The number of hydrogen-bond donors (Lipinski definition) is 1. The van der Waals surface area contributed by atoms with Crippen molar-refractivity contribution in [2.45, 2.75) is 64.5 Å².